The summed E-state index contributed by atoms with van der Waals surface area (Å²) in [5.41, 5.74) is 3.49. The third-order valence-electron chi connectivity index (χ3n) is 3.50. The van der Waals surface area contributed by atoms with Gasteiger partial charge in [0, 0.05) is 24.5 Å². The van der Waals surface area contributed by atoms with Crippen LogP contribution in [0.1, 0.15) is 23.9 Å². The van der Waals surface area contributed by atoms with Gasteiger partial charge in [0.25, 0.3) is 5.91 Å². The van der Waals surface area contributed by atoms with Gasteiger partial charge in [-0.2, -0.15) is 0 Å². The zero-order valence-electron chi connectivity index (χ0n) is 12.1. The molecule has 1 saturated heterocycles. The molecule has 0 saturated carbocycles. The second-order valence-electron chi connectivity index (χ2n) is 4.76. The molecule has 1 aromatic heterocycles. The third kappa shape index (κ3) is 2.27. The van der Waals surface area contributed by atoms with E-state index in [0.717, 1.165) is 28.4 Å². The van der Waals surface area contributed by atoms with Gasteiger partial charge in [0.15, 0.2) is 0 Å². The number of hydrogen-bond acceptors (Lipinski definition) is 2. The van der Waals surface area contributed by atoms with Crippen LogP contribution in [0.25, 0.3) is 6.08 Å². The number of carbonyl (C=O) groups excluding carboxylic acids is 2. The number of rotatable bonds is 4. The fourth-order valence-corrected chi connectivity index (χ4v) is 2.48. The molecule has 1 aliphatic rings. The van der Waals surface area contributed by atoms with Crippen molar-refractivity contribution in [3.63, 3.8) is 0 Å². The average Bonchev–Trinajstić information content (AvgIpc) is 2.82. The second-order valence-corrected chi connectivity index (χ2v) is 4.76. The lowest BCUT2D eigenvalue weighted by Crippen LogP contribution is -2.30. The van der Waals surface area contributed by atoms with Crippen molar-refractivity contribution >= 4 is 18.0 Å². The molecule has 2 rings (SSSR count). The standard InChI is InChI=1S/C15H19N3O2/c1-5-7-18-14(19)13(16-15(18)20)9-12-8-10(3)17(6-2)11(12)4/h5,8-9H,1,6-7H2,2-4H3,(H,16,20)/b13-9+. The van der Waals surface area contributed by atoms with Crippen LogP contribution in [0.15, 0.2) is 24.4 Å². The summed E-state index contributed by atoms with van der Waals surface area (Å²) in [5, 5.41) is 2.60. The van der Waals surface area contributed by atoms with Gasteiger partial charge in [-0.3, -0.25) is 9.69 Å². The molecular weight excluding hydrogens is 254 g/mol. The smallest absolute Gasteiger partial charge is 0.329 e. The van der Waals surface area contributed by atoms with Crippen molar-refractivity contribution in [2.75, 3.05) is 6.54 Å². The number of amides is 3. The molecule has 106 valence electrons. The maximum Gasteiger partial charge on any atom is 0.329 e. The molecule has 1 aliphatic heterocycles. The molecule has 0 aliphatic carbocycles. The highest BCUT2D eigenvalue weighted by Crippen LogP contribution is 2.20. The summed E-state index contributed by atoms with van der Waals surface area (Å²) in [7, 11) is 0. The molecule has 1 fully saturated rings. The molecule has 20 heavy (non-hydrogen) atoms. The molecular formula is C15H19N3O2. The van der Waals surface area contributed by atoms with E-state index in [1.165, 1.54) is 6.08 Å². The van der Waals surface area contributed by atoms with Gasteiger partial charge >= 0.3 is 6.03 Å². The number of carbonyl (C=O) groups is 2. The lowest BCUT2D eigenvalue weighted by molar-refractivity contribution is -0.122. The molecule has 0 aromatic carbocycles. The minimum Gasteiger partial charge on any atom is -0.349 e. The SMILES string of the molecule is C=CCN1C(=O)N/C(=C/c2cc(C)n(CC)c2C)C1=O. The third-order valence-corrected chi connectivity index (χ3v) is 3.50. The summed E-state index contributed by atoms with van der Waals surface area (Å²) in [6.07, 6.45) is 3.27. The van der Waals surface area contributed by atoms with Crippen molar-refractivity contribution in [2.45, 2.75) is 27.3 Å². The summed E-state index contributed by atoms with van der Waals surface area (Å²) in [6.45, 7) is 10.7. The predicted molar refractivity (Wildman–Crippen MR) is 78.0 cm³/mol. The summed E-state index contributed by atoms with van der Waals surface area (Å²) in [5.74, 6) is -0.309. The monoisotopic (exact) mass is 273 g/mol. The molecule has 1 aromatic rings. The number of aromatic nitrogens is 1. The fourth-order valence-electron chi connectivity index (χ4n) is 2.48. The molecule has 0 bridgehead atoms. The van der Waals surface area contributed by atoms with E-state index in [1.807, 2.05) is 19.9 Å². The van der Waals surface area contributed by atoms with Gasteiger partial charge in [0.1, 0.15) is 5.70 Å². The van der Waals surface area contributed by atoms with Gasteiger partial charge in [0.2, 0.25) is 0 Å². The van der Waals surface area contributed by atoms with Gasteiger partial charge < -0.3 is 9.88 Å². The van der Waals surface area contributed by atoms with E-state index in [1.54, 1.807) is 6.08 Å². The van der Waals surface area contributed by atoms with Crippen molar-refractivity contribution in [2.24, 2.45) is 0 Å². The summed E-state index contributed by atoms with van der Waals surface area (Å²) in [6, 6.07) is 1.62. The van der Waals surface area contributed by atoms with E-state index in [0.29, 0.717) is 5.70 Å². The van der Waals surface area contributed by atoms with E-state index in [9.17, 15) is 9.59 Å². The Balaban J connectivity index is 2.35. The highest BCUT2D eigenvalue weighted by atomic mass is 16.2. The molecule has 2 heterocycles. The predicted octanol–water partition coefficient (Wildman–Crippen LogP) is 2.20. The summed E-state index contributed by atoms with van der Waals surface area (Å²) >= 11 is 0. The van der Waals surface area contributed by atoms with Crippen LogP contribution in [0.5, 0.6) is 0 Å². The minimum absolute atomic E-state index is 0.218. The Bertz CT molecular complexity index is 611. The Kier molecular flexibility index (Phi) is 3.79. The first-order chi connectivity index (χ1) is 9.49. The Morgan fingerprint density at radius 3 is 2.60 bits per heavy atom. The van der Waals surface area contributed by atoms with Gasteiger partial charge in [-0.05, 0) is 38.5 Å². The molecule has 3 amide bonds. The van der Waals surface area contributed by atoms with Crippen LogP contribution in [0.2, 0.25) is 0 Å². The topological polar surface area (TPSA) is 54.3 Å². The zero-order chi connectivity index (χ0) is 14.9. The number of aryl methyl sites for hydroxylation is 1. The van der Waals surface area contributed by atoms with Crippen LogP contribution in [0, 0.1) is 13.8 Å². The van der Waals surface area contributed by atoms with Gasteiger partial charge in [-0.15, -0.1) is 6.58 Å². The summed E-state index contributed by atoms with van der Waals surface area (Å²) in [4.78, 5) is 24.9. The largest absolute Gasteiger partial charge is 0.349 e. The van der Waals surface area contributed by atoms with Crippen molar-refractivity contribution in [3.05, 3.63) is 41.4 Å². The minimum atomic E-state index is -0.398. The van der Waals surface area contributed by atoms with Crippen LogP contribution in [0.4, 0.5) is 4.79 Å². The first kappa shape index (κ1) is 14.1. The Morgan fingerprint density at radius 1 is 1.35 bits per heavy atom. The molecule has 0 unspecified atom stereocenters. The Morgan fingerprint density at radius 2 is 2.05 bits per heavy atom. The maximum absolute atomic E-state index is 12.1. The van der Waals surface area contributed by atoms with Crippen molar-refractivity contribution < 1.29 is 9.59 Å². The number of nitrogens with zero attached hydrogens (tertiary/aromatic N) is 2. The number of imide groups is 1. The van der Waals surface area contributed by atoms with E-state index >= 15 is 0 Å². The first-order valence-corrected chi connectivity index (χ1v) is 6.61. The normalized spacial score (nSPS) is 16.9. The molecule has 0 radical (unpaired) electrons. The summed E-state index contributed by atoms with van der Waals surface area (Å²) < 4.78 is 2.16. The van der Waals surface area contributed by atoms with Crippen molar-refractivity contribution in [3.8, 4) is 0 Å². The number of hydrogen-bond donors (Lipinski definition) is 1. The van der Waals surface area contributed by atoms with Gasteiger partial charge in [-0.1, -0.05) is 6.08 Å². The second kappa shape index (κ2) is 5.36. The van der Waals surface area contributed by atoms with E-state index in [2.05, 4.69) is 23.4 Å². The van der Waals surface area contributed by atoms with Crippen LogP contribution in [-0.4, -0.2) is 28.0 Å². The Hall–Kier alpha value is -2.30. The first-order valence-electron chi connectivity index (χ1n) is 6.61. The molecule has 0 atom stereocenters. The molecule has 5 nitrogen and oxygen atoms in total. The highest BCUT2D eigenvalue weighted by molar-refractivity contribution is 6.14. The zero-order valence-corrected chi connectivity index (χ0v) is 12.1. The Labute approximate surface area is 118 Å². The van der Waals surface area contributed by atoms with Crippen LogP contribution in [-0.2, 0) is 11.3 Å². The van der Waals surface area contributed by atoms with Gasteiger partial charge in [-0.25, -0.2) is 4.79 Å². The van der Waals surface area contributed by atoms with E-state index in [4.69, 9.17) is 0 Å². The highest BCUT2D eigenvalue weighted by Gasteiger charge is 2.32. The molecule has 5 heteroatoms. The number of urea groups is 1. The number of nitrogens with one attached hydrogen (secondary N) is 1. The van der Waals surface area contributed by atoms with Gasteiger partial charge in [0.05, 0.1) is 0 Å². The van der Waals surface area contributed by atoms with Crippen LogP contribution in [0.3, 0.4) is 0 Å². The van der Waals surface area contributed by atoms with E-state index < -0.39 is 6.03 Å². The lowest BCUT2D eigenvalue weighted by atomic mass is 10.2. The van der Waals surface area contributed by atoms with Crippen molar-refractivity contribution in [1.29, 1.82) is 0 Å². The van der Waals surface area contributed by atoms with Crippen LogP contribution < -0.4 is 5.32 Å². The van der Waals surface area contributed by atoms with Crippen molar-refractivity contribution in [1.82, 2.24) is 14.8 Å². The van der Waals surface area contributed by atoms with Crippen LogP contribution >= 0.6 is 0 Å². The maximum atomic E-state index is 12.1. The van der Waals surface area contributed by atoms with E-state index in [-0.39, 0.29) is 12.5 Å². The molecule has 0 spiro atoms. The average molecular weight is 273 g/mol. The molecule has 1 N–H and O–H groups in total. The fraction of sp³-hybridized carbons (Fsp3) is 0.333. The quantitative estimate of drug-likeness (QED) is 0.519. The lowest BCUT2D eigenvalue weighted by Gasteiger charge is -2.07.